The van der Waals surface area contributed by atoms with E-state index in [0.29, 0.717) is 5.56 Å². The van der Waals surface area contributed by atoms with Gasteiger partial charge in [0.2, 0.25) is 15.9 Å². The first-order valence-corrected chi connectivity index (χ1v) is 6.81. The van der Waals surface area contributed by atoms with E-state index in [1.165, 1.54) is 19.9 Å². The summed E-state index contributed by atoms with van der Waals surface area (Å²) in [6.07, 6.45) is 0. The standard InChI is InChI=1S/C11H17N3O3S/c1-11(2,10(13)15)14-18(16,17)9-6-4-3-5-8(9)7-12/h3-6,14H,7,12H2,1-2H3,(H2,13,15). The maximum absolute atomic E-state index is 12.2. The highest BCUT2D eigenvalue weighted by molar-refractivity contribution is 7.89. The van der Waals surface area contributed by atoms with E-state index in [0.717, 1.165) is 0 Å². The minimum Gasteiger partial charge on any atom is -0.368 e. The molecule has 0 atom stereocenters. The summed E-state index contributed by atoms with van der Waals surface area (Å²) >= 11 is 0. The van der Waals surface area contributed by atoms with Crippen molar-refractivity contribution in [2.45, 2.75) is 30.8 Å². The molecule has 0 unspecified atom stereocenters. The van der Waals surface area contributed by atoms with E-state index >= 15 is 0 Å². The molecule has 0 saturated heterocycles. The van der Waals surface area contributed by atoms with Crippen LogP contribution in [0.1, 0.15) is 19.4 Å². The van der Waals surface area contributed by atoms with Gasteiger partial charge in [0.25, 0.3) is 0 Å². The second-order valence-corrected chi connectivity index (χ2v) is 6.06. The Kier molecular flexibility index (Phi) is 4.10. The maximum atomic E-state index is 12.2. The lowest BCUT2D eigenvalue weighted by Gasteiger charge is -2.22. The Bertz CT molecular complexity index is 552. The van der Waals surface area contributed by atoms with Crippen LogP contribution in [-0.4, -0.2) is 19.9 Å². The summed E-state index contributed by atoms with van der Waals surface area (Å²) in [5.41, 5.74) is 9.74. The number of amides is 1. The molecule has 0 spiro atoms. The van der Waals surface area contributed by atoms with Crippen LogP contribution in [0.15, 0.2) is 29.2 Å². The topological polar surface area (TPSA) is 115 Å². The first-order valence-electron chi connectivity index (χ1n) is 5.32. The number of benzene rings is 1. The predicted octanol–water partition coefficient (Wildman–Crippen LogP) is -0.312. The molecule has 0 aliphatic heterocycles. The van der Waals surface area contributed by atoms with Crippen molar-refractivity contribution >= 4 is 15.9 Å². The molecule has 7 heteroatoms. The molecule has 0 aliphatic rings. The molecule has 0 bridgehead atoms. The van der Waals surface area contributed by atoms with E-state index in [4.69, 9.17) is 11.5 Å². The van der Waals surface area contributed by atoms with Crippen LogP contribution < -0.4 is 16.2 Å². The van der Waals surface area contributed by atoms with Gasteiger partial charge in [-0.1, -0.05) is 18.2 Å². The highest BCUT2D eigenvalue weighted by atomic mass is 32.2. The van der Waals surface area contributed by atoms with Gasteiger partial charge in [0.1, 0.15) is 5.54 Å². The molecular formula is C11H17N3O3S. The van der Waals surface area contributed by atoms with Crippen molar-refractivity contribution in [3.63, 3.8) is 0 Å². The molecule has 18 heavy (non-hydrogen) atoms. The molecule has 0 heterocycles. The summed E-state index contributed by atoms with van der Waals surface area (Å²) in [7, 11) is -3.84. The molecule has 1 amide bonds. The van der Waals surface area contributed by atoms with Gasteiger partial charge in [-0.25, -0.2) is 8.42 Å². The van der Waals surface area contributed by atoms with Gasteiger partial charge in [0.15, 0.2) is 0 Å². The van der Waals surface area contributed by atoms with Crippen molar-refractivity contribution in [1.29, 1.82) is 0 Å². The van der Waals surface area contributed by atoms with Crippen molar-refractivity contribution in [2.75, 3.05) is 0 Å². The third kappa shape index (κ3) is 3.06. The smallest absolute Gasteiger partial charge is 0.241 e. The van der Waals surface area contributed by atoms with Gasteiger partial charge in [0, 0.05) is 6.54 Å². The van der Waals surface area contributed by atoms with Crippen LogP contribution in [0.3, 0.4) is 0 Å². The number of nitrogens with one attached hydrogen (secondary N) is 1. The van der Waals surface area contributed by atoms with Crippen LogP contribution in [0, 0.1) is 0 Å². The van der Waals surface area contributed by atoms with Crippen LogP contribution in [0.25, 0.3) is 0 Å². The van der Waals surface area contributed by atoms with Crippen LogP contribution >= 0.6 is 0 Å². The lowest BCUT2D eigenvalue weighted by molar-refractivity contribution is -0.122. The van der Waals surface area contributed by atoms with Gasteiger partial charge in [-0.3, -0.25) is 4.79 Å². The summed E-state index contributed by atoms with van der Waals surface area (Å²) in [4.78, 5) is 11.2. The van der Waals surface area contributed by atoms with Crippen LogP contribution in [0.4, 0.5) is 0 Å². The van der Waals surface area contributed by atoms with Gasteiger partial charge in [0.05, 0.1) is 4.90 Å². The second-order valence-electron chi connectivity index (χ2n) is 4.41. The highest BCUT2D eigenvalue weighted by Gasteiger charge is 2.32. The number of carbonyl (C=O) groups excluding carboxylic acids is 1. The molecule has 6 nitrogen and oxygen atoms in total. The van der Waals surface area contributed by atoms with Crippen molar-refractivity contribution in [1.82, 2.24) is 4.72 Å². The molecular weight excluding hydrogens is 254 g/mol. The summed E-state index contributed by atoms with van der Waals surface area (Å²) in [6, 6.07) is 6.33. The third-order valence-corrected chi connectivity index (χ3v) is 4.24. The zero-order valence-corrected chi connectivity index (χ0v) is 11.1. The van der Waals surface area contributed by atoms with Crippen molar-refractivity contribution in [3.05, 3.63) is 29.8 Å². The zero-order chi connectivity index (χ0) is 14.0. The largest absolute Gasteiger partial charge is 0.368 e. The summed E-state index contributed by atoms with van der Waals surface area (Å²) < 4.78 is 26.6. The van der Waals surface area contributed by atoms with Gasteiger partial charge in [-0.15, -0.1) is 0 Å². The third-order valence-electron chi connectivity index (χ3n) is 2.49. The van der Waals surface area contributed by atoms with Gasteiger partial charge in [-0.05, 0) is 25.5 Å². The van der Waals surface area contributed by atoms with E-state index in [2.05, 4.69) is 4.72 Å². The van der Waals surface area contributed by atoms with E-state index in [9.17, 15) is 13.2 Å². The summed E-state index contributed by atoms with van der Waals surface area (Å²) in [6.45, 7) is 2.89. The fourth-order valence-electron chi connectivity index (χ4n) is 1.38. The number of sulfonamides is 1. The predicted molar refractivity (Wildman–Crippen MR) is 67.9 cm³/mol. The Labute approximate surface area is 106 Å². The summed E-state index contributed by atoms with van der Waals surface area (Å²) in [5, 5.41) is 0. The minimum atomic E-state index is -3.84. The first kappa shape index (κ1) is 14.6. The van der Waals surface area contributed by atoms with Crippen LogP contribution in [0.5, 0.6) is 0 Å². The number of carbonyl (C=O) groups is 1. The molecule has 0 aromatic heterocycles. The molecule has 0 radical (unpaired) electrons. The van der Waals surface area contributed by atoms with Crippen molar-refractivity contribution in [3.8, 4) is 0 Å². The Morgan fingerprint density at radius 2 is 1.89 bits per heavy atom. The fourth-order valence-corrected chi connectivity index (χ4v) is 3.01. The van der Waals surface area contributed by atoms with E-state index in [1.807, 2.05) is 0 Å². The lowest BCUT2D eigenvalue weighted by Crippen LogP contribution is -2.52. The Morgan fingerprint density at radius 3 is 2.39 bits per heavy atom. The Morgan fingerprint density at radius 1 is 1.33 bits per heavy atom. The molecule has 100 valence electrons. The van der Waals surface area contributed by atoms with Gasteiger partial charge >= 0.3 is 0 Å². The average Bonchev–Trinajstić information content (AvgIpc) is 2.27. The van der Waals surface area contributed by atoms with E-state index in [1.54, 1.807) is 18.2 Å². The molecule has 1 aromatic carbocycles. The molecule has 1 aromatic rings. The minimum absolute atomic E-state index is 0.0572. The van der Waals surface area contributed by atoms with E-state index < -0.39 is 21.5 Å². The SMILES string of the molecule is CC(C)(NS(=O)(=O)c1ccccc1CN)C(N)=O. The normalized spacial score (nSPS) is 12.4. The van der Waals surface area contributed by atoms with Gasteiger partial charge in [-0.2, -0.15) is 4.72 Å². The number of rotatable bonds is 5. The average molecular weight is 271 g/mol. The van der Waals surface area contributed by atoms with E-state index in [-0.39, 0.29) is 11.4 Å². The number of hydrogen-bond donors (Lipinski definition) is 3. The Hall–Kier alpha value is -1.44. The molecule has 1 rings (SSSR count). The van der Waals surface area contributed by atoms with Crippen LogP contribution in [-0.2, 0) is 21.4 Å². The highest BCUT2D eigenvalue weighted by Crippen LogP contribution is 2.17. The number of hydrogen-bond acceptors (Lipinski definition) is 4. The van der Waals surface area contributed by atoms with Crippen LogP contribution in [0.2, 0.25) is 0 Å². The van der Waals surface area contributed by atoms with Crippen molar-refractivity contribution in [2.24, 2.45) is 11.5 Å². The fraction of sp³-hybridized carbons (Fsp3) is 0.364. The maximum Gasteiger partial charge on any atom is 0.241 e. The molecule has 0 saturated carbocycles. The number of primary amides is 1. The quantitative estimate of drug-likeness (QED) is 0.681. The Balaban J connectivity index is 3.19. The first-order chi connectivity index (χ1) is 8.20. The van der Waals surface area contributed by atoms with Gasteiger partial charge < -0.3 is 11.5 Å². The molecule has 0 fully saturated rings. The summed E-state index contributed by atoms with van der Waals surface area (Å²) in [5.74, 6) is -0.753. The van der Waals surface area contributed by atoms with Crippen molar-refractivity contribution < 1.29 is 13.2 Å². The number of nitrogens with two attached hydrogens (primary N) is 2. The lowest BCUT2D eigenvalue weighted by atomic mass is 10.1. The molecule has 0 aliphatic carbocycles. The second kappa shape index (κ2) is 5.05. The molecule has 5 N–H and O–H groups in total. The zero-order valence-electron chi connectivity index (χ0n) is 10.3. The monoisotopic (exact) mass is 271 g/mol.